The first kappa shape index (κ1) is 31.7. The first-order chi connectivity index (χ1) is 21.8. The Morgan fingerprint density at radius 3 is 2.43 bits per heavy atom. The summed E-state index contributed by atoms with van der Waals surface area (Å²) in [6.07, 6.45) is 1.16. The molecule has 5 rings (SSSR count). The Morgan fingerprint density at radius 1 is 1.13 bits per heavy atom. The Morgan fingerprint density at radius 2 is 1.83 bits per heavy atom. The minimum absolute atomic E-state index is 0.103. The maximum Gasteiger partial charge on any atom is 0.407 e. The van der Waals surface area contributed by atoms with E-state index in [9.17, 15) is 34.7 Å². The molecule has 4 heterocycles. The highest BCUT2D eigenvalue weighted by molar-refractivity contribution is 5.99. The van der Waals surface area contributed by atoms with Gasteiger partial charge in [0.25, 0.3) is 0 Å². The Bertz CT molecular complexity index is 1970. The predicted octanol–water partition coefficient (Wildman–Crippen LogP) is 3.80. The van der Waals surface area contributed by atoms with Crippen molar-refractivity contribution in [3.8, 4) is 22.8 Å². The molecule has 2 unspecified atom stereocenters. The van der Waals surface area contributed by atoms with E-state index in [1.807, 2.05) is 0 Å². The van der Waals surface area contributed by atoms with Crippen LogP contribution in [0.2, 0.25) is 0 Å². The van der Waals surface area contributed by atoms with Crippen molar-refractivity contribution in [3.05, 3.63) is 74.5 Å². The van der Waals surface area contributed by atoms with Crippen LogP contribution in [0.5, 0.6) is 5.75 Å². The van der Waals surface area contributed by atoms with Crippen LogP contribution in [-0.4, -0.2) is 83.9 Å². The number of ether oxygens (including phenoxy) is 1. The lowest BCUT2D eigenvalue weighted by Crippen LogP contribution is -2.61. The van der Waals surface area contributed by atoms with Gasteiger partial charge in [-0.3, -0.25) is 19.9 Å². The van der Waals surface area contributed by atoms with Gasteiger partial charge < -0.3 is 24.7 Å². The van der Waals surface area contributed by atoms with Gasteiger partial charge in [0.15, 0.2) is 17.3 Å². The number of rotatable bonds is 7. The van der Waals surface area contributed by atoms with Crippen LogP contribution in [0.25, 0.3) is 28.1 Å². The summed E-state index contributed by atoms with van der Waals surface area (Å²) in [5.74, 6) is -4.31. The van der Waals surface area contributed by atoms with E-state index in [0.29, 0.717) is 0 Å². The highest BCUT2D eigenvalue weighted by atomic mass is 19.1. The van der Waals surface area contributed by atoms with E-state index in [1.54, 1.807) is 13.8 Å². The second kappa shape index (κ2) is 12.0. The third kappa shape index (κ3) is 5.18. The number of fused-ring (bicyclic) bond motifs is 1. The second-order valence-electron chi connectivity index (χ2n) is 10.8. The summed E-state index contributed by atoms with van der Waals surface area (Å²) in [5, 5.41) is 32.0. The average Bonchev–Trinajstić information content (AvgIpc) is 2.99. The van der Waals surface area contributed by atoms with Crippen molar-refractivity contribution in [2.45, 2.75) is 38.8 Å². The molecule has 0 aliphatic carbocycles. The number of benzene rings is 1. The Balaban J connectivity index is 1.98. The molecule has 1 saturated heterocycles. The van der Waals surface area contributed by atoms with Gasteiger partial charge in [-0.25, -0.2) is 32.9 Å². The summed E-state index contributed by atoms with van der Waals surface area (Å²) in [7, 11) is 1.23. The topological polar surface area (TPSA) is 194 Å². The van der Waals surface area contributed by atoms with Crippen LogP contribution in [0.3, 0.4) is 0 Å². The number of nitrogens with zero attached hydrogens (tertiary/aromatic N) is 7. The zero-order valence-corrected chi connectivity index (χ0v) is 24.8. The van der Waals surface area contributed by atoms with Gasteiger partial charge >= 0.3 is 23.3 Å². The van der Waals surface area contributed by atoms with Gasteiger partial charge in [0.2, 0.25) is 0 Å². The molecule has 0 spiro atoms. The third-order valence-electron chi connectivity index (χ3n) is 7.69. The molecule has 240 valence electrons. The van der Waals surface area contributed by atoms with E-state index < -0.39 is 87.6 Å². The normalized spacial score (nSPS) is 16.6. The number of aliphatic carboxylic acids is 1. The molecule has 1 aliphatic heterocycles. The van der Waals surface area contributed by atoms with Crippen molar-refractivity contribution in [1.29, 1.82) is 0 Å². The summed E-state index contributed by atoms with van der Waals surface area (Å²) < 4.78 is 37.3. The van der Waals surface area contributed by atoms with Gasteiger partial charge in [0.1, 0.15) is 29.0 Å². The number of hydrogen-bond acceptors (Lipinski definition) is 10. The SMILES string of the molecule is COc1cccc(F)c1-c1nc2c(cc1F)c(N1CC(C)N(C(=O)O)CC1C(=O)O)c([N+](=O)[O-])c(=O)n2-c1nccnc1C(C)C. The quantitative estimate of drug-likeness (QED) is 0.220. The molecule has 1 amide bonds. The fourth-order valence-electron chi connectivity index (χ4n) is 5.61. The second-order valence-corrected chi connectivity index (χ2v) is 10.8. The number of carboxylic acid groups (broad SMARTS) is 2. The number of halogens is 2. The molecule has 2 N–H and O–H groups in total. The molecule has 0 saturated carbocycles. The first-order valence-electron chi connectivity index (χ1n) is 13.8. The van der Waals surface area contributed by atoms with E-state index in [2.05, 4.69) is 15.0 Å². The molecule has 46 heavy (non-hydrogen) atoms. The number of aromatic nitrogens is 4. The Kier molecular flexibility index (Phi) is 8.25. The first-order valence-corrected chi connectivity index (χ1v) is 13.8. The fourth-order valence-corrected chi connectivity index (χ4v) is 5.61. The van der Waals surface area contributed by atoms with Crippen molar-refractivity contribution in [2.75, 3.05) is 25.1 Å². The van der Waals surface area contributed by atoms with Crippen molar-refractivity contribution >= 4 is 34.5 Å². The monoisotopic (exact) mass is 639 g/mol. The van der Waals surface area contributed by atoms with Gasteiger partial charge in [-0.15, -0.1) is 0 Å². The molecule has 15 nitrogen and oxygen atoms in total. The van der Waals surface area contributed by atoms with Crippen LogP contribution in [-0.2, 0) is 4.79 Å². The molecular formula is C29H27F2N7O8. The lowest BCUT2D eigenvalue weighted by atomic mass is 10.0. The number of carbonyl (C=O) groups is 2. The molecule has 1 aliphatic rings. The minimum atomic E-state index is -1.72. The third-order valence-corrected chi connectivity index (χ3v) is 7.69. The van der Waals surface area contributed by atoms with Crippen LogP contribution in [0, 0.1) is 21.7 Å². The van der Waals surface area contributed by atoms with Crippen molar-refractivity contribution in [3.63, 3.8) is 0 Å². The van der Waals surface area contributed by atoms with E-state index in [4.69, 9.17) is 4.74 Å². The van der Waals surface area contributed by atoms with Gasteiger partial charge in [-0.2, -0.15) is 0 Å². The summed E-state index contributed by atoms with van der Waals surface area (Å²) >= 11 is 0. The van der Waals surface area contributed by atoms with E-state index in [1.165, 1.54) is 38.6 Å². The molecule has 2 atom stereocenters. The van der Waals surface area contributed by atoms with Crippen LogP contribution < -0.4 is 15.2 Å². The van der Waals surface area contributed by atoms with Crippen LogP contribution in [0.15, 0.2) is 41.5 Å². The van der Waals surface area contributed by atoms with Crippen molar-refractivity contribution < 1.29 is 38.2 Å². The smallest absolute Gasteiger partial charge is 0.407 e. The molecule has 3 aromatic heterocycles. The van der Waals surface area contributed by atoms with E-state index >= 15 is 8.78 Å². The number of amides is 1. The summed E-state index contributed by atoms with van der Waals surface area (Å²) in [5.41, 5.74) is -4.25. The summed E-state index contributed by atoms with van der Waals surface area (Å²) in [6, 6.07) is 1.89. The maximum absolute atomic E-state index is 16.1. The standard InChI is InChI=1S/C29H27F2N7O8/c1-13(2)21-26(33-9-8-32-21)37-25-15(10-17(31)22(34-25)20-16(30)6-5-7-19(20)46-4)23(24(27(37)39)38(44)45)36-11-14(3)35(29(42)43)12-18(36)28(40)41/h5-10,13-14,18H,11-12H2,1-4H3,(H,40,41)(H,42,43). The number of piperazine rings is 1. The minimum Gasteiger partial charge on any atom is -0.496 e. The summed E-state index contributed by atoms with van der Waals surface area (Å²) in [6.45, 7) is 3.86. The number of methoxy groups -OCH3 is 1. The molecule has 0 bridgehead atoms. The summed E-state index contributed by atoms with van der Waals surface area (Å²) in [4.78, 5) is 64.9. The molecule has 1 fully saturated rings. The van der Waals surface area contributed by atoms with Crippen LogP contribution in [0.1, 0.15) is 32.4 Å². The largest absolute Gasteiger partial charge is 0.496 e. The fraction of sp³-hybridized carbons (Fsp3) is 0.310. The van der Waals surface area contributed by atoms with Crippen LogP contribution >= 0.6 is 0 Å². The highest BCUT2D eigenvalue weighted by Crippen LogP contribution is 2.41. The molecule has 17 heteroatoms. The molecular weight excluding hydrogens is 612 g/mol. The zero-order valence-electron chi connectivity index (χ0n) is 24.8. The maximum atomic E-state index is 16.1. The Hall–Kier alpha value is -5.74. The van der Waals surface area contributed by atoms with Crippen molar-refractivity contribution in [1.82, 2.24) is 24.4 Å². The number of pyridine rings is 2. The van der Waals surface area contributed by atoms with Gasteiger partial charge in [-0.05, 0) is 31.0 Å². The molecule has 0 radical (unpaired) electrons. The van der Waals surface area contributed by atoms with Crippen molar-refractivity contribution in [2.24, 2.45) is 0 Å². The number of anilines is 1. The highest BCUT2D eigenvalue weighted by Gasteiger charge is 2.43. The lowest BCUT2D eigenvalue weighted by Gasteiger charge is -2.43. The average molecular weight is 640 g/mol. The van der Waals surface area contributed by atoms with Gasteiger partial charge in [0, 0.05) is 25.0 Å². The zero-order chi connectivity index (χ0) is 33.6. The van der Waals surface area contributed by atoms with Crippen LogP contribution in [0.4, 0.5) is 25.0 Å². The Labute approximate surface area is 258 Å². The number of nitro groups is 1. The van der Waals surface area contributed by atoms with Gasteiger partial charge in [0.05, 0.1) is 35.2 Å². The lowest BCUT2D eigenvalue weighted by molar-refractivity contribution is -0.385. The molecule has 1 aromatic carbocycles. The van der Waals surface area contributed by atoms with E-state index in [-0.39, 0.29) is 28.6 Å². The van der Waals surface area contributed by atoms with E-state index in [0.717, 1.165) is 26.5 Å². The number of carboxylic acids is 1. The van der Waals surface area contributed by atoms with Gasteiger partial charge in [-0.1, -0.05) is 19.9 Å². The molecule has 4 aromatic rings. The number of hydrogen-bond donors (Lipinski definition) is 2. The predicted molar refractivity (Wildman–Crippen MR) is 159 cm³/mol.